The van der Waals surface area contributed by atoms with Crippen LogP contribution in [0, 0.1) is 13.8 Å². The monoisotopic (exact) mass is 358 g/mol. The molecule has 2 aromatic heterocycles. The van der Waals surface area contributed by atoms with E-state index in [1.165, 1.54) is 0 Å². The summed E-state index contributed by atoms with van der Waals surface area (Å²) >= 11 is 5.88. The first-order valence-electron chi connectivity index (χ1n) is 7.95. The van der Waals surface area contributed by atoms with E-state index in [0.717, 1.165) is 16.8 Å². The van der Waals surface area contributed by atoms with Crippen LogP contribution in [0.2, 0.25) is 5.02 Å². The molecule has 3 aromatic rings. The van der Waals surface area contributed by atoms with E-state index in [0.29, 0.717) is 35.0 Å². The second-order valence-electron chi connectivity index (χ2n) is 5.90. The van der Waals surface area contributed by atoms with Gasteiger partial charge in [-0.3, -0.25) is 9.48 Å². The molecule has 1 N–H and O–H groups in total. The number of rotatable bonds is 5. The molecule has 0 aliphatic heterocycles. The Kier molecular flexibility index (Phi) is 4.90. The van der Waals surface area contributed by atoms with Crippen molar-refractivity contribution in [2.75, 3.05) is 6.54 Å². The average Bonchev–Trinajstić information content (AvgIpc) is 3.11. The van der Waals surface area contributed by atoms with Gasteiger partial charge in [-0.25, -0.2) is 0 Å². The Morgan fingerprint density at radius 3 is 2.64 bits per heavy atom. The lowest BCUT2D eigenvalue weighted by molar-refractivity contribution is 0.0953. The van der Waals surface area contributed by atoms with Gasteiger partial charge in [0.15, 0.2) is 0 Å². The van der Waals surface area contributed by atoms with Crippen LogP contribution < -0.4 is 5.32 Å². The number of aryl methyl sites for hydroxylation is 3. The number of aromatic nitrogens is 3. The van der Waals surface area contributed by atoms with Gasteiger partial charge in [0, 0.05) is 30.4 Å². The largest absolute Gasteiger partial charge is 0.360 e. The fourth-order valence-electron chi connectivity index (χ4n) is 2.72. The first-order valence-corrected chi connectivity index (χ1v) is 8.33. The van der Waals surface area contributed by atoms with Crippen molar-refractivity contribution in [3.8, 4) is 11.3 Å². The van der Waals surface area contributed by atoms with Crippen LogP contribution in [0.25, 0.3) is 11.3 Å². The molecule has 6 nitrogen and oxygen atoms in total. The number of amides is 1. The fraction of sp³-hybridized carbons (Fsp3) is 0.278. The molecule has 0 atom stereocenters. The van der Waals surface area contributed by atoms with E-state index in [-0.39, 0.29) is 5.91 Å². The number of benzene rings is 1. The highest BCUT2D eigenvalue weighted by Gasteiger charge is 2.23. The van der Waals surface area contributed by atoms with E-state index in [4.69, 9.17) is 16.1 Å². The predicted molar refractivity (Wildman–Crippen MR) is 95.7 cm³/mol. The number of hydrogen-bond acceptors (Lipinski definition) is 4. The van der Waals surface area contributed by atoms with E-state index in [2.05, 4.69) is 15.6 Å². The summed E-state index contributed by atoms with van der Waals surface area (Å²) in [6, 6.07) is 7.57. The van der Waals surface area contributed by atoms with Gasteiger partial charge in [-0.05, 0) is 38.0 Å². The summed E-state index contributed by atoms with van der Waals surface area (Å²) in [5.41, 5.74) is 3.67. The second kappa shape index (κ2) is 7.11. The van der Waals surface area contributed by atoms with Gasteiger partial charge in [0.2, 0.25) is 0 Å². The van der Waals surface area contributed by atoms with Gasteiger partial charge in [0.25, 0.3) is 5.91 Å². The fourth-order valence-corrected chi connectivity index (χ4v) is 2.84. The molecule has 1 amide bonds. The van der Waals surface area contributed by atoms with Crippen molar-refractivity contribution in [2.45, 2.75) is 20.3 Å². The summed E-state index contributed by atoms with van der Waals surface area (Å²) in [5.74, 6) is 0.285. The Labute approximate surface area is 150 Å². The van der Waals surface area contributed by atoms with Crippen LogP contribution in [0.1, 0.15) is 27.4 Å². The number of nitrogens with one attached hydrogen (secondary N) is 1. The summed E-state index contributed by atoms with van der Waals surface area (Å²) in [6.07, 6.45) is 2.55. The van der Waals surface area contributed by atoms with E-state index < -0.39 is 0 Å². The third kappa shape index (κ3) is 3.74. The van der Waals surface area contributed by atoms with Crippen molar-refractivity contribution in [2.24, 2.45) is 7.05 Å². The maximum Gasteiger partial charge on any atom is 0.257 e. The minimum atomic E-state index is -0.203. The van der Waals surface area contributed by atoms with Gasteiger partial charge in [0.05, 0.1) is 5.69 Å². The maximum atomic E-state index is 12.6. The summed E-state index contributed by atoms with van der Waals surface area (Å²) in [5, 5.41) is 12.0. The molecule has 0 saturated heterocycles. The molecule has 7 heteroatoms. The predicted octanol–water partition coefficient (Wildman–Crippen LogP) is 3.32. The van der Waals surface area contributed by atoms with Crippen LogP contribution in [0.5, 0.6) is 0 Å². The maximum absolute atomic E-state index is 12.6. The lowest BCUT2D eigenvalue weighted by Crippen LogP contribution is -2.26. The van der Waals surface area contributed by atoms with Crippen molar-refractivity contribution in [3.63, 3.8) is 0 Å². The van der Waals surface area contributed by atoms with Gasteiger partial charge in [0.1, 0.15) is 17.0 Å². The highest BCUT2D eigenvalue weighted by atomic mass is 35.5. The highest BCUT2D eigenvalue weighted by molar-refractivity contribution is 6.30. The van der Waals surface area contributed by atoms with E-state index in [1.807, 2.05) is 44.4 Å². The molecule has 0 unspecified atom stereocenters. The van der Waals surface area contributed by atoms with Crippen molar-refractivity contribution >= 4 is 17.5 Å². The Balaban J connectivity index is 1.73. The smallest absolute Gasteiger partial charge is 0.257 e. The van der Waals surface area contributed by atoms with E-state index in [9.17, 15) is 4.79 Å². The van der Waals surface area contributed by atoms with Gasteiger partial charge < -0.3 is 9.84 Å². The van der Waals surface area contributed by atoms with Crippen molar-refractivity contribution < 1.29 is 9.32 Å². The third-order valence-corrected chi connectivity index (χ3v) is 4.22. The molecule has 0 bridgehead atoms. The Morgan fingerprint density at radius 1 is 1.28 bits per heavy atom. The molecule has 0 aliphatic rings. The number of carbonyl (C=O) groups excluding carboxylic acids is 1. The molecule has 2 heterocycles. The number of carbonyl (C=O) groups is 1. The Morgan fingerprint density at radius 2 is 2.00 bits per heavy atom. The van der Waals surface area contributed by atoms with Gasteiger partial charge in [-0.15, -0.1) is 0 Å². The molecular formula is C18H19ClN4O2. The molecule has 1 aromatic carbocycles. The van der Waals surface area contributed by atoms with Crippen LogP contribution >= 0.6 is 11.6 Å². The van der Waals surface area contributed by atoms with Crippen LogP contribution in [0.15, 0.2) is 35.0 Å². The Hall–Kier alpha value is -2.60. The molecule has 0 radical (unpaired) electrons. The quantitative estimate of drug-likeness (QED) is 0.759. The first kappa shape index (κ1) is 17.2. The van der Waals surface area contributed by atoms with Crippen molar-refractivity contribution in [1.82, 2.24) is 20.3 Å². The molecule has 0 aliphatic carbocycles. The molecule has 130 valence electrons. The van der Waals surface area contributed by atoms with Crippen molar-refractivity contribution in [3.05, 3.63) is 58.1 Å². The number of halogens is 1. The average molecular weight is 359 g/mol. The molecule has 0 fully saturated rings. The molecule has 25 heavy (non-hydrogen) atoms. The van der Waals surface area contributed by atoms with Crippen LogP contribution in [0.3, 0.4) is 0 Å². The molecule has 0 saturated carbocycles. The molecule has 0 spiro atoms. The summed E-state index contributed by atoms with van der Waals surface area (Å²) in [7, 11) is 1.83. The normalized spacial score (nSPS) is 10.9. The summed E-state index contributed by atoms with van der Waals surface area (Å²) < 4.78 is 6.94. The summed E-state index contributed by atoms with van der Waals surface area (Å²) in [6.45, 7) is 4.12. The lowest BCUT2D eigenvalue weighted by atomic mass is 10.1. The highest BCUT2D eigenvalue weighted by Crippen LogP contribution is 2.27. The Bertz CT molecular complexity index is 896. The van der Waals surface area contributed by atoms with Crippen LogP contribution in [-0.4, -0.2) is 27.4 Å². The topological polar surface area (TPSA) is 73.0 Å². The number of nitrogens with zero attached hydrogens (tertiary/aromatic N) is 3. The zero-order valence-electron chi connectivity index (χ0n) is 14.3. The zero-order chi connectivity index (χ0) is 18.0. The van der Waals surface area contributed by atoms with E-state index in [1.54, 1.807) is 11.6 Å². The van der Waals surface area contributed by atoms with Crippen molar-refractivity contribution in [1.29, 1.82) is 0 Å². The minimum Gasteiger partial charge on any atom is -0.360 e. The van der Waals surface area contributed by atoms with Crippen LogP contribution in [-0.2, 0) is 13.5 Å². The van der Waals surface area contributed by atoms with Gasteiger partial charge >= 0.3 is 0 Å². The lowest BCUT2D eigenvalue weighted by Gasteiger charge is -2.06. The second-order valence-corrected chi connectivity index (χ2v) is 6.33. The SMILES string of the molecule is Cc1nn(C)cc1-c1noc(C)c1C(=O)NCCc1ccc(Cl)cc1. The standard InChI is InChI=1S/C18H19ClN4O2/c1-11-15(10-23(3)21-11)17-16(12(2)25-22-17)18(24)20-9-8-13-4-6-14(19)7-5-13/h4-7,10H,8-9H2,1-3H3,(H,20,24). The van der Waals surface area contributed by atoms with Gasteiger partial charge in [-0.2, -0.15) is 5.10 Å². The molecule has 3 rings (SSSR count). The zero-order valence-corrected chi connectivity index (χ0v) is 15.1. The first-order chi connectivity index (χ1) is 12.0. The summed E-state index contributed by atoms with van der Waals surface area (Å²) in [4.78, 5) is 12.6. The van der Waals surface area contributed by atoms with Crippen LogP contribution in [0.4, 0.5) is 0 Å². The number of hydrogen-bond donors (Lipinski definition) is 1. The minimum absolute atomic E-state index is 0.203. The molecular weight excluding hydrogens is 340 g/mol. The van der Waals surface area contributed by atoms with E-state index >= 15 is 0 Å². The third-order valence-electron chi connectivity index (χ3n) is 3.97. The van der Waals surface area contributed by atoms with Gasteiger partial charge in [-0.1, -0.05) is 28.9 Å².